The van der Waals surface area contributed by atoms with Gasteiger partial charge in [0.15, 0.2) is 0 Å². The summed E-state index contributed by atoms with van der Waals surface area (Å²) < 4.78 is 6.82. The summed E-state index contributed by atoms with van der Waals surface area (Å²) in [6, 6.07) is 6.89. The van der Waals surface area contributed by atoms with Crippen molar-refractivity contribution >= 4 is 22.0 Å². The molecule has 18 heavy (non-hydrogen) atoms. The summed E-state index contributed by atoms with van der Waals surface area (Å²) in [5, 5.41) is 3.46. The molecule has 1 fully saturated rings. The lowest BCUT2D eigenvalue weighted by atomic mass is 10.2. The normalized spacial score (nSPS) is 15.2. The van der Waals surface area contributed by atoms with Crippen LogP contribution in [0.15, 0.2) is 28.7 Å². The number of halogens is 1. The molecule has 1 N–H and O–H groups in total. The second kappa shape index (κ2) is 6.95. The summed E-state index contributed by atoms with van der Waals surface area (Å²) in [6.45, 7) is 3.82. The van der Waals surface area contributed by atoms with E-state index in [-0.39, 0.29) is 0 Å². The number of nitrogens with one attached hydrogen (secondary N) is 1. The summed E-state index contributed by atoms with van der Waals surface area (Å²) in [7, 11) is 0. The first-order valence-electron chi connectivity index (χ1n) is 6.62. The van der Waals surface area contributed by atoms with Crippen molar-refractivity contribution in [2.45, 2.75) is 32.2 Å². The maximum Gasteiger partial charge on any atom is 0.126 e. The topological polar surface area (TPSA) is 21.3 Å². The summed E-state index contributed by atoms with van der Waals surface area (Å²) >= 11 is 3.50. The molecule has 0 unspecified atom stereocenters. The fraction of sp³-hybridized carbons (Fsp3) is 0.467. The number of hydrogen-bond acceptors (Lipinski definition) is 2. The van der Waals surface area contributed by atoms with E-state index in [4.69, 9.17) is 4.74 Å². The summed E-state index contributed by atoms with van der Waals surface area (Å²) in [4.78, 5) is 0. The van der Waals surface area contributed by atoms with E-state index in [0.717, 1.165) is 41.4 Å². The van der Waals surface area contributed by atoms with Crippen LogP contribution in [0.4, 0.5) is 0 Å². The van der Waals surface area contributed by atoms with Crippen LogP contribution in [-0.4, -0.2) is 19.2 Å². The fourth-order valence-corrected chi connectivity index (χ4v) is 2.08. The van der Waals surface area contributed by atoms with E-state index in [9.17, 15) is 0 Å². The number of hydrogen-bond donors (Lipinski definition) is 1. The zero-order chi connectivity index (χ0) is 12.8. The van der Waals surface area contributed by atoms with Crippen molar-refractivity contribution in [3.8, 4) is 5.75 Å². The molecule has 0 radical (unpaired) electrons. The van der Waals surface area contributed by atoms with Gasteiger partial charge in [0, 0.05) is 22.6 Å². The zero-order valence-electron chi connectivity index (χ0n) is 10.8. The van der Waals surface area contributed by atoms with Crippen molar-refractivity contribution in [1.29, 1.82) is 0 Å². The Morgan fingerprint density at radius 2 is 2.28 bits per heavy atom. The number of rotatable bonds is 7. The Morgan fingerprint density at radius 1 is 1.44 bits per heavy atom. The molecular weight excluding hydrogens is 290 g/mol. The van der Waals surface area contributed by atoms with Crippen LogP contribution < -0.4 is 10.1 Å². The van der Waals surface area contributed by atoms with E-state index in [1.54, 1.807) is 0 Å². The van der Waals surface area contributed by atoms with Crippen LogP contribution in [0.25, 0.3) is 6.08 Å². The lowest BCUT2D eigenvalue weighted by Gasteiger charge is -2.08. The molecule has 0 saturated heterocycles. The molecule has 1 aromatic rings. The molecule has 0 atom stereocenters. The highest BCUT2D eigenvalue weighted by molar-refractivity contribution is 9.10. The van der Waals surface area contributed by atoms with Gasteiger partial charge in [0.25, 0.3) is 0 Å². The minimum absolute atomic E-state index is 0.757. The van der Waals surface area contributed by atoms with E-state index >= 15 is 0 Å². The minimum atomic E-state index is 0.757. The Bertz CT molecular complexity index is 413. The lowest BCUT2D eigenvalue weighted by molar-refractivity contribution is 0.317. The smallest absolute Gasteiger partial charge is 0.126 e. The van der Waals surface area contributed by atoms with E-state index in [1.165, 1.54) is 12.8 Å². The van der Waals surface area contributed by atoms with Crippen LogP contribution in [0.3, 0.4) is 0 Å². The molecule has 0 aromatic heterocycles. The molecule has 0 amide bonds. The quantitative estimate of drug-likeness (QED) is 0.822. The highest BCUT2D eigenvalue weighted by Crippen LogP contribution is 2.24. The van der Waals surface area contributed by atoms with Gasteiger partial charge in [-0.25, -0.2) is 0 Å². The molecule has 0 spiro atoms. The Labute approximate surface area is 118 Å². The van der Waals surface area contributed by atoms with Gasteiger partial charge in [0.2, 0.25) is 0 Å². The van der Waals surface area contributed by atoms with Crippen molar-refractivity contribution in [1.82, 2.24) is 5.32 Å². The Hall–Kier alpha value is -0.800. The van der Waals surface area contributed by atoms with Crippen LogP contribution in [0.5, 0.6) is 5.75 Å². The van der Waals surface area contributed by atoms with Crippen LogP contribution in [0.2, 0.25) is 0 Å². The third-order valence-electron chi connectivity index (χ3n) is 2.83. The molecule has 1 aromatic carbocycles. The molecule has 1 saturated carbocycles. The van der Waals surface area contributed by atoms with Crippen molar-refractivity contribution in [2.75, 3.05) is 13.2 Å². The second-order valence-corrected chi connectivity index (χ2v) is 5.53. The molecule has 1 aliphatic carbocycles. The Morgan fingerprint density at radius 3 is 3.00 bits per heavy atom. The molecule has 98 valence electrons. The third-order valence-corrected chi connectivity index (χ3v) is 3.33. The van der Waals surface area contributed by atoms with Crippen LogP contribution in [0, 0.1) is 0 Å². The Balaban J connectivity index is 1.96. The summed E-state index contributed by atoms with van der Waals surface area (Å²) in [5.41, 5.74) is 1.13. The van der Waals surface area contributed by atoms with E-state index in [1.807, 2.05) is 12.1 Å². The van der Waals surface area contributed by atoms with Crippen LogP contribution >= 0.6 is 15.9 Å². The van der Waals surface area contributed by atoms with Gasteiger partial charge < -0.3 is 10.1 Å². The van der Waals surface area contributed by atoms with E-state index in [2.05, 4.69) is 46.4 Å². The number of ether oxygens (including phenoxy) is 1. The second-order valence-electron chi connectivity index (χ2n) is 4.62. The SMILES string of the molecule is CCCOc1ccc(Br)cc1C=CCNC1CC1. The molecule has 3 heteroatoms. The summed E-state index contributed by atoms with van der Waals surface area (Å²) in [5.74, 6) is 0.961. The first kappa shape index (κ1) is 13.6. The highest BCUT2D eigenvalue weighted by Gasteiger charge is 2.18. The average molecular weight is 310 g/mol. The van der Waals surface area contributed by atoms with Crippen LogP contribution in [-0.2, 0) is 0 Å². The molecule has 1 aliphatic rings. The predicted octanol–water partition coefficient (Wildman–Crippen LogP) is 4.00. The third kappa shape index (κ3) is 4.46. The molecular formula is C15H20BrNO. The molecule has 0 bridgehead atoms. The average Bonchev–Trinajstić information content (AvgIpc) is 3.17. The van der Waals surface area contributed by atoms with Crippen molar-refractivity contribution in [3.05, 3.63) is 34.3 Å². The fourth-order valence-electron chi connectivity index (χ4n) is 1.70. The van der Waals surface area contributed by atoms with E-state index < -0.39 is 0 Å². The lowest BCUT2D eigenvalue weighted by Crippen LogP contribution is -2.15. The van der Waals surface area contributed by atoms with Gasteiger partial charge in [-0.1, -0.05) is 35.0 Å². The van der Waals surface area contributed by atoms with Gasteiger partial charge in [-0.05, 0) is 37.5 Å². The molecule has 0 aliphatic heterocycles. The number of benzene rings is 1. The van der Waals surface area contributed by atoms with E-state index in [0.29, 0.717) is 0 Å². The predicted molar refractivity (Wildman–Crippen MR) is 80.0 cm³/mol. The van der Waals surface area contributed by atoms with Crippen molar-refractivity contribution in [3.63, 3.8) is 0 Å². The van der Waals surface area contributed by atoms with Crippen LogP contribution in [0.1, 0.15) is 31.7 Å². The van der Waals surface area contributed by atoms with Gasteiger partial charge in [0.1, 0.15) is 5.75 Å². The monoisotopic (exact) mass is 309 g/mol. The highest BCUT2D eigenvalue weighted by atomic mass is 79.9. The van der Waals surface area contributed by atoms with Gasteiger partial charge in [0.05, 0.1) is 6.61 Å². The molecule has 2 nitrogen and oxygen atoms in total. The Kier molecular flexibility index (Phi) is 5.26. The standard InChI is InChI=1S/C15H20BrNO/c1-2-10-18-15-8-5-13(16)11-12(15)4-3-9-17-14-6-7-14/h3-5,8,11,14,17H,2,6-7,9-10H2,1H3. The maximum atomic E-state index is 5.74. The van der Waals surface area contributed by atoms with Gasteiger partial charge >= 0.3 is 0 Å². The molecule has 0 heterocycles. The largest absolute Gasteiger partial charge is 0.493 e. The summed E-state index contributed by atoms with van der Waals surface area (Å²) in [6.07, 6.45) is 7.98. The zero-order valence-corrected chi connectivity index (χ0v) is 12.4. The molecule has 2 rings (SSSR count). The minimum Gasteiger partial charge on any atom is -0.493 e. The van der Waals surface area contributed by atoms with Gasteiger partial charge in [-0.2, -0.15) is 0 Å². The van der Waals surface area contributed by atoms with Gasteiger partial charge in [-0.3, -0.25) is 0 Å². The van der Waals surface area contributed by atoms with Gasteiger partial charge in [-0.15, -0.1) is 0 Å². The van der Waals surface area contributed by atoms with Crippen molar-refractivity contribution < 1.29 is 4.74 Å². The first-order chi connectivity index (χ1) is 8.79. The van der Waals surface area contributed by atoms with Crippen molar-refractivity contribution in [2.24, 2.45) is 0 Å². The first-order valence-corrected chi connectivity index (χ1v) is 7.41. The maximum absolute atomic E-state index is 5.74.